The fourth-order valence-corrected chi connectivity index (χ4v) is 1.90. The van der Waals surface area contributed by atoms with Gasteiger partial charge in [0.1, 0.15) is 5.92 Å². The Labute approximate surface area is 108 Å². The molecular formula is C15H11F3O. The van der Waals surface area contributed by atoms with E-state index in [4.69, 9.17) is 0 Å². The first-order valence-corrected chi connectivity index (χ1v) is 5.71. The number of hydrogen-bond donors (Lipinski definition) is 0. The molecule has 98 valence electrons. The van der Waals surface area contributed by atoms with Crippen molar-refractivity contribution in [1.82, 2.24) is 0 Å². The third-order valence-corrected chi connectivity index (χ3v) is 2.78. The van der Waals surface area contributed by atoms with Crippen LogP contribution in [0.3, 0.4) is 0 Å². The Morgan fingerprint density at radius 3 is 1.79 bits per heavy atom. The van der Waals surface area contributed by atoms with Crippen LogP contribution in [0.1, 0.15) is 21.8 Å². The molecule has 0 aromatic heterocycles. The minimum Gasteiger partial charge on any atom is -0.293 e. The molecule has 2 aromatic carbocycles. The zero-order valence-electron chi connectivity index (χ0n) is 9.89. The van der Waals surface area contributed by atoms with E-state index in [1.165, 1.54) is 36.4 Å². The van der Waals surface area contributed by atoms with Gasteiger partial charge in [-0.2, -0.15) is 13.2 Å². The summed E-state index contributed by atoms with van der Waals surface area (Å²) in [6.45, 7) is 0. The number of ketones is 1. The van der Waals surface area contributed by atoms with Crippen molar-refractivity contribution in [2.45, 2.75) is 12.1 Å². The van der Waals surface area contributed by atoms with Gasteiger partial charge < -0.3 is 0 Å². The van der Waals surface area contributed by atoms with E-state index in [2.05, 4.69) is 0 Å². The second kappa shape index (κ2) is 5.26. The van der Waals surface area contributed by atoms with Gasteiger partial charge in [0, 0.05) is 5.56 Å². The van der Waals surface area contributed by atoms with Crippen LogP contribution in [0.25, 0.3) is 0 Å². The maximum atomic E-state index is 13.1. The average Bonchev–Trinajstić information content (AvgIpc) is 2.39. The minimum absolute atomic E-state index is 0.0381. The van der Waals surface area contributed by atoms with Crippen molar-refractivity contribution < 1.29 is 18.0 Å². The van der Waals surface area contributed by atoms with Crippen LogP contribution in [0, 0.1) is 0 Å². The molecule has 0 heterocycles. The molecule has 1 atom stereocenters. The number of alkyl halides is 3. The van der Waals surface area contributed by atoms with E-state index in [-0.39, 0.29) is 11.1 Å². The molecule has 0 bridgehead atoms. The molecule has 0 radical (unpaired) electrons. The van der Waals surface area contributed by atoms with Crippen LogP contribution >= 0.6 is 0 Å². The molecule has 0 saturated carbocycles. The zero-order chi connectivity index (χ0) is 13.9. The molecule has 0 amide bonds. The van der Waals surface area contributed by atoms with Gasteiger partial charge in [-0.15, -0.1) is 0 Å². The van der Waals surface area contributed by atoms with Gasteiger partial charge in [0.25, 0.3) is 0 Å². The van der Waals surface area contributed by atoms with E-state index in [1.807, 2.05) is 0 Å². The molecule has 0 saturated heterocycles. The summed E-state index contributed by atoms with van der Waals surface area (Å²) in [6.07, 6.45) is -4.60. The predicted octanol–water partition coefficient (Wildman–Crippen LogP) is 4.22. The summed E-state index contributed by atoms with van der Waals surface area (Å²) in [5.74, 6) is -3.05. The Balaban J connectivity index is 2.43. The number of halogens is 3. The average molecular weight is 264 g/mol. The summed E-state index contributed by atoms with van der Waals surface area (Å²) in [5, 5.41) is 0. The molecule has 0 spiro atoms. The van der Waals surface area contributed by atoms with Crippen molar-refractivity contribution in [2.24, 2.45) is 0 Å². The van der Waals surface area contributed by atoms with Crippen LogP contribution in [0.4, 0.5) is 13.2 Å². The predicted molar refractivity (Wildman–Crippen MR) is 66.0 cm³/mol. The van der Waals surface area contributed by atoms with Crippen LogP contribution in [0.2, 0.25) is 0 Å². The van der Waals surface area contributed by atoms with Crippen molar-refractivity contribution in [3.63, 3.8) is 0 Å². The second-order valence-corrected chi connectivity index (χ2v) is 4.12. The van der Waals surface area contributed by atoms with Gasteiger partial charge in [0.05, 0.1) is 0 Å². The Hall–Kier alpha value is -2.10. The molecule has 0 aliphatic heterocycles. The van der Waals surface area contributed by atoms with Crippen LogP contribution < -0.4 is 0 Å². The Morgan fingerprint density at radius 1 is 0.842 bits per heavy atom. The van der Waals surface area contributed by atoms with E-state index in [0.29, 0.717) is 0 Å². The standard InChI is InChI=1S/C15H11F3O/c16-15(17,18)13(11-7-3-1-4-8-11)14(19)12-9-5-2-6-10-12/h1-10,13H/t13-/m0/s1. The highest BCUT2D eigenvalue weighted by Gasteiger charge is 2.45. The van der Waals surface area contributed by atoms with Gasteiger partial charge >= 0.3 is 6.18 Å². The Morgan fingerprint density at radius 2 is 1.32 bits per heavy atom. The molecule has 19 heavy (non-hydrogen) atoms. The monoisotopic (exact) mass is 264 g/mol. The number of Topliss-reactive ketones (excluding diaryl/α,β-unsaturated/α-hetero) is 1. The van der Waals surface area contributed by atoms with Gasteiger partial charge in [0.15, 0.2) is 5.78 Å². The smallest absolute Gasteiger partial charge is 0.293 e. The highest BCUT2D eigenvalue weighted by atomic mass is 19.4. The summed E-state index contributed by atoms with van der Waals surface area (Å²) in [7, 11) is 0. The molecule has 1 nitrogen and oxygen atoms in total. The number of rotatable bonds is 3. The van der Waals surface area contributed by atoms with E-state index >= 15 is 0 Å². The van der Waals surface area contributed by atoms with Gasteiger partial charge in [0.2, 0.25) is 0 Å². The maximum absolute atomic E-state index is 13.1. The van der Waals surface area contributed by atoms with Crippen LogP contribution in [-0.2, 0) is 0 Å². The zero-order valence-corrected chi connectivity index (χ0v) is 9.89. The fourth-order valence-electron chi connectivity index (χ4n) is 1.90. The van der Waals surface area contributed by atoms with Gasteiger partial charge in [-0.05, 0) is 5.56 Å². The largest absolute Gasteiger partial charge is 0.402 e. The lowest BCUT2D eigenvalue weighted by Gasteiger charge is -2.19. The summed E-state index contributed by atoms with van der Waals surface area (Å²) in [4.78, 5) is 12.1. The third-order valence-electron chi connectivity index (χ3n) is 2.78. The molecule has 4 heteroatoms. The lowest BCUT2D eigenvalue weighted by Crippen LogP contribution is -2.28. The first kappa shape index (κ1) is 13.3. The van der Waals surface area contributed by atoms with E-state index in [9.17, 15) is 18.0 Å². The molecule has 2 rings (SSSR count). The number of hydrogen-bond acceptors (Lipinski definition) is 1. The first-order valence-electron chi connectivity index (χ1n) is 5.71. The Bertz CT molecular complexity index is 547. The third kappa shape index (κ3) is 3.02. The molecule has 0 unspecified atom stereocenters. The highest BCUT2D eigenvalue weighted by molar-refractivity contribution is 6.01. The van der Waals surface area contributed by atoms with Crippen LogP contribution in [0.15, 0.2) is 60.7 Å². The van der Waals surface area contributed by atoms with Gasteiger partial charge in [-0.3, -0.25) is 4.79 Å². The highest BCUT2D eigenvalue weighted by Crippen LogP contribution is 2.37. The van der Waals surface area contributed by atoms with E-state index < -0.39 is 17.9 Å². The lowest BCUT2D eigenvalue weighted by atomic mass is 9.90. The summed E-state index contributed by atoms with van der Waals surface area (Å²) in [6, 6.07) is 14.8. The SMILES string of the molecule is O=C(c1ccccc1)[C@H](c1ccccc1)C(F)(F)F. The lowest BCUT2D eigenvalue weighted by molar-refractivity contribution is -0.139. The quantitative estimate of drug-likeness (QED) is 0.759. The second-order valence-electron chi connectivity index (χ2n) is 4.12. The summed E-state index contributed by atoms with van der Waals surface area (Å²) in [5.41, 5.74) is 0.0255. The normalized spacial score (nSPS) is 13.0. The van der Waals surface area contributed by atoms with Crippen molar-refractivity contribution in [2.75, 3.05) is 0 Å². The topological polar surface area (TPSA) is 17.1 Å². The molecule has 0 aliphatic rings. The van der Waals surface area contributed by atoms with E-state index in [1.54, 1.807) is 24.3 Å². The molecular weight excluding hydrogens is 253 g/mol. The minimum atomic E-state index is -4.60. The molecule has 0 aliphatic carbocycles. The number of benzene rings is 2. The van der Waals surface area contributed by atoms with Crippen molar-refractivity contribution in [3.05, 3.63) is 71.8 Å². The molecule has 0 fully saturated rings. The summed E-state index contributed by atoms with van der Waals surface area (Å²) < 4.78 is 39.4. The first-order chi connectivity index (χ1) is 9.00. The van der Waals surface area contributed by atoms with Gasteiger partial charge in [-0.1, -0.05) is 60.7 Å². The van der Waals surface area contributed by atoms with E-state index in [0.717, 1.165) is 0 Å². The molecule has 0 N–H and O–H groups in total. The van der Waals surface area contributed by atoms with Gasteiger partial charge in [-0.25, -0.2) is 0 Å². The summed E-state index contributed by atoms with van der Waals surface area (Å²) >= 11 is 0. The number of carbonyl (C=O) groups excluding carboxylic acids is 1. The van der Waals surface area contributed by atoms with Crippen LogP contribution in [-0.4, -0.2) is 12.0 Å². The van der Waals surface area contributed by atoms with Crippen molar-refractivity contribution >= 4 is 5.78 Å². The maximum Gasteiger partial charge on any atom is 0.402 e. The van der Waals surface area contributed by atoms with Crippen LogP contribution in [0.5, 0.6) is 0 Å². The number of carbonyl (C=O) groups is 1. The van der Waals surface area contributed by atoms with Crippen molar-refractivity contribution in [3.8, 4) is 0 Å². The van der Waals surface area contributed by atoms with Crippen molar-refractivity contribution in [1.29, 1.82) is 0 Å². The molecule has 2 aromatic rings. The Kier molecular flexibility index (Phi) is 3.69. The fraction of sp³-hybridized carbons (Fsp3) is 0.133.